The van der Waals surface area contributed by atoms with Crippen molar-refractivity contribution in [2.24, 2.45) is 5.92 Å². The highest BCUT2D eigenvalue weighted by atomic mass is 16.3. The smallest absolute Gasteiger partial charge is 0.227 e. The molecule has 0 saturated carbocycles. The lowest BCUT2D eigenvalue weighted by Gasteiger charge is -2.27. The number of amides is 1. The lowest BCUT2D eigenvalue weighted by molar-refractivity contribution is -0.124. The Hall–Kier alpha value is -1.35. The predicted molar refractivity (Wildman–Crippen MR) is 80.6 cm³/mol. The molecule has 0 radical (unpaired) electrons. The van der Waals surface area contributed by atoms with E-state index >= 15 is 0 Å². The van der Waals surface area contributed by atoms with E-state index in [1.807, 2.05) is 12.1 Å². The van der Waals surface area contributed by atoms with Gasteiger partial charge in [-0.15, -0.1) is 0 Å². The number of fused-ring (bicyclic) bond motifs is 1. The van der Waals surface area contributed by atoms with Crippen LogP contribution < -0.4 is 5.32 Å². The first-order chi connectivity index (χ1) is 9.61. The van der Waals surface area contributed by atoms with Crippen molar-refractivity contribution < 1.29 is 9.90 Å². The highest BCUT2D eigenvalue weighted by molar-refractivity contribution is 5.84. The van der Waals surface area contributed by atoms with Crippen LogP contribution in [-0.2, 0) is 11.2 Å². The molecule has 110 valence electrons. The second-order valence-electron chi connectivity index (χ2n) is 6.16. The summed E-state index contributed by atoms with van der Waals surface area (Å²) < 4.78 is 0. The molecule has 1 aliphatic rings. The fraction of sp³-hybridized carbons (Fsp3) is 0.588. The van der Waals surface area contributed by atoms with E-state index in [1.54, 1.807) is 0 Å². The first-order valence-corrected chi connectivity index (χ1v) is 7.60. The third-order valence-corrected chi connectivity index (χ3v) is 4.01. The van der Waals surface area contributed by atoms with E-state index < -0.39 is 0 Å². The molecule has 0 heterocycles. The summed E-state index contributed by atoms with van der Waals surface area (Å²) >= 11 is 0. The van der Waals surface area contributed by atoms with E-state index in [-0.39, 0.29) is 24.5 Å². The van der Waals surface area contributed by atoms with Gasteiger partial charge in [0.25, 0.3) is 0 Å². The SMILES string of the molecule is CC(C)CC(CO)NC(=O)C1CCCc2ccccc21. The Morgan fingerprint density at radius 1 is 1.40 bits per heavy atom. The minimum Gasteiger partial charge on any atom is -0.394 e. The third-order valence-electron chi connectivity index (χ3n) is 4.01. The third kappa shape index (κ3) is 3.60. The molecule has 2 unspecified atom stereocenters. The van der Waals surface area contributed by atoms with Crippen molar-refractivity contribution in [1.29, 1.82) is 0 Å². The Balaban J connectivity index is 2.06. The molecular weight excluding hydrogens is 250 g/mol. The van der Waals surface area contributed by atoms with Crippen molar-refractivity contribution in [3.8, 4) is 0 Å². The molecule has 1 aliphatic carbocycles. The maximum atomic E-state index is 12.5. The number of carbonyl (C=O) groups excluding carboxylic acids is 1. The molecule has 3 heteroatoms. The molecule has 0 bridgehead atoms. The second kappa shape index (κ2) is 6.89. The summed E-state index contributed by atoms with van der Waals surface area (Å²) in [5.74, 6) is 0.476. The largest absolute Gasteiger partial charge is 0.394 e. The quantitative estimate of drug-likeness (QED) is 0.868. The van der Waals surface area contributed by atoms with Crippen LogP contribution in [0.3, 0.4) is 0 Å². The lowest BCUT2D eigenvalue weighted by Crippen LogP contribution is -2.41. The van der Waals surface area contributed by atoms with Gasteiger partial charge in [0.1, 0.15) is 0 Å². The number of benzene rings is 1. The first-order valence-electron chi connectivity index (χ1n) is 7.60. The summed E-state index contributed by atoms with van der Waals surface area (Å²) in [7, 11) is 0. The number of aliphatic hydroxyl groups excluding tert-OH is 1. The molecule has 1 amide bonds. The van der Waals surface area contributed by atoms with Crippen molar-refractivity contribution in [3.05, 3.63) is 35.4 Å². The molecule has 0 saturated heterocycles. The van der Waals surface area contributed by atoms with Crippen molar-refractivity contribution >= 4 is 5.91 Å². The maximum absolute atomic E-state index is 12.5. The number of carbonyl (C=O) groups is 1. The summed E-state index contributed by atoms with van der Waals surface area (Å²) in [6.45, 7) is 4.22. The minimum absolute atomic E-state index is 0.0122. The van der Waals surface area contributed by atoms with E-state index in [0.29, 0.717) is 5.92 Å². The average Bonchev–Trinajstić information content (AvgIpc) is 2.45. The van der Waals surface area contributed by atoms with Crippen LogP contribution in [0.15, 0.2) is 24.3 Å². The lowest BCUT2D eigenvalue weighted by atomic mass is 9.82. The Kier molecular flexibility index (Phi) is 5.18. The zero-order valence-corrected chi connectivity index (χ0v) is 12.4. The molecule has 0 fully saturated rings. The van der Waals surface area contributed by atoms with Crippen LogP contribution in [0.1, 0.15) is 50.2 Å². The number of nitrogens with one attached hydrogen (secondary N) is 1. The van der Waals surface area contributed by atoms with E-state index in [4.69, 9.17) is 0 Å². The Morgan fingerprint density at radius 2 is 2.15 bits per heavy atom. The molecule has 0 spiro atoms. The Labute approximate surface area is 121 Å². The molecule has 0 aliphatic heterocycles. The number of aryl methyl sites for hydroxylation is 1. The monoisotopic (exact) mass is 275 g/mol. The van der Waals surface area contributed by atoms with Gasteiger partial charge in [-0.3, -0.25) is 4.79 Å². The van der Waals surface area contributed by atoms with Gasteiger partial charge in [-0.25, -0.2) is 0 Å². The standard InChI is InChI=1S/C17H25NO2/c1-12(2)10-14(11-19)18-17(20)16-9-5-7-13-6-3-4-8-15(13)16/h3-4,6,8,12,14,16,19H,5,7,9-11H2,1-2H3,(H,18,20). The van der Waals surface area contributed by atoms with Crippen LogP contribution >= 0.6 is 0 Å². The van der Waals surface area contributed by atoms with Gasteiger partial charge in [0.15, 0.2) is 0 Å². The molecule has 1 aromatic rings. The molecule has 2 rings (SSSR count). The highest BCUT2D eigenvalue weighted by Gasteiger charge is 2.27. The van der Waals surface area contributed by atoms with Gasteiger partial charge in [0.05, 0.1) is 18.6 Å². The fourth-order valence-corrected chi connectivity index (χ4v) is 3.08. The topological polar surface area (TPSA) is 49.3 Å². The van der Waals surface area contributed by atoms with E-state index in [2.05, 4.69) is 31.3 Å². The zero-order chi connectivity index (χ0) is 14.5. The van der Waals surface area contributed by atoms with Crippen molar-refractivity contribution in [3.63, 3.8) is 0 Å². The van der Waals surface area contributed by atoms with Gasteiger partial charge in [0, 0.05) is 0 Å². The summed E-state index contributed by atoms with van der Waals surface area (Å²) in [5.41, 5.74) is 2.46. The molecule has 3 nitrogen and oxygen atoms in total. The number of hydrogen-bond acceptors (Lipinski definition) is 2. The summed E-state index contributed by atoms with van der Waals surface area (Å²) in [4.78, 5) is 12.5. The normalized spacial score (nSPS) is 19.5. The second-order valence-corrected chi connectivity index (χ2v) is 6.16. The van der Waals surface area contributed by atoms with Gasteiger partial charge >= 0.3 is 0 Å². The van der Waals surface area contributed by atoms with Crippen molar-refractivity contribution in [1.82, 2.24) is 5.32 Å². The van der Waals surface area contributed by atoms with Gasteiger partial charge in [-0.1, -0.05) is 38.1 Å². The van der Waals surface area contributed by atoms with Gasteiger partial charge in [0.2, 0.25) is 5.91 Å². The number of aliphatic hydroxyl groups is 1. The van der Waals surface area contributed by atoms with Crippen LogP contribution in [0.2, 0.25) is 0 Å². The molecule has 1 aromatic carbocycles. The van der Waals surface area contributed by atoms with Crippen molar-refractivity contribution in [2.45, 2.75) is 51.5 Å². The molecule has 20 heavy (non-hydrogen) atoms. The van der Waals surface area contributed by atoms with Crippen LogP contribution in [-0.4, -0.2) is 23.7 Å². The van der Waals surface area contributed by atoms with Crippen molar-refractivity contribution in [2.75, 3.05) is 6.61 Å². The summed E-state index contributed by atoms with van der Waals surface area (Å²) in [6, 6.07) is 8.09. The van der Waals surface area contributed by atoms with Gasteiger partial charge < -0.3 is 10.4 Å². The Bertz CT molecular complexity index is 456. The van der Waals surface area contributed by atoms with Crippen LogP contribution in [0.25, 0.3) is 0 Å². The maximum Gasteiger partial charge on any atom is 0.227 e. The van der Waals surface area contributed by atoms with Crippen LogP contribution in [0, 0.1) is 5.92 Å². The minimum atomic E-state index is -0.128. The fourth-order valence-electron chi connectivity index (χ4n) is 3.08. The van der Waals surface area contributed by atoms with Gasteiger partial charge in [-0.2, -0.15) is 0 Å². The summed E-state index contributed by atoms with van der Waals surface area (Å²) in [6.07, 6.45) is 3.84. The van der Waals surface area contributed by atoms with E-state index in [0.717, 1.165) is 31.2 Å². The number of hydrogen-bond donors (Lipinski definition) is 2. The predicted octanol–water partition coefficient (Wildman–Crippen LogP) is 2.63. The van der Waals surface area contributed by atoms with Crippen LogP contribution in [0.5, 0.6) is 0 Å². The molecule has 2 N–H and O–H groups in total. The first kappa shape index (κ1) is 15.0. The van der Waals surface area contributed by atoms with E-state index in [9.17, 15) is 9.90 Å². The van der Waals surface area contributed by atoms with Gasteiger partial charge in [-0.05, 0) is 42.7 Å². The summed E-state index contributed by atoms with van der Waals surface area (Å²) in [5, 5.41) is 12.4. The van der Waals surface area contributed by atoms with E-state index in [1.165, 1.54) is 5.56 Å². The number of rotatable bonds is 5. The average molecular weight is 275 g/mol. The highest BCUT2D eigenvalue weighted by Crippen LogP contribution is 2.31. The zero-order valence-electron chi connectivity index (χ0n) is 12.4. The molecule has 0 aromatic heterocycles. The van der Waals surface area contributed by atoms with Crippen LogP contribution in [0.4, 0.5) is 0 Å². The Morgan fingerprint density at radius 3 is 2.85 bits per heavy atom. The molecule has 2 atom stereocenters. The molecular formula is C17H25NO2.